The summed E-state index contributed by atoms with van der Waals surface area (Å²) in [5, 5.41) is 37.1. The molecule has 0 saturated carbocycles. The monoisotopic (exact) mass is 787 g/mol. The van der Waals surface area contributed by atoms with Gasteiger partial charge < -0.3 is 0 Å². The highest BCUT2D eigenvalue weighted by molar-refractivity contribution is 7.81. The van der Waals surface area contributed by atoms with Crippen LogP contribution in [0.5, 0.6) is 0 Å². The number of hydrogen-bond donors (Lipinski definition) is 0. The van der Waals surface area contributed by atoms with Crippen molar-refractivity contribution in [2.45, 2.75) is 0 Å². The topological polar surface area (TPSA) is 219 Å². The Hall–Kier alpha value is -10.0. The van der Waals surface area contributed by atoms with Crippen molar-refractivity contribution in [3.8, 4) is 0 Å². The van der Waals surface area contributed by atoms with Crippen molar-refractivity contribution < 1.29 is 47.2 Å². The molecule has 264 valence electrons. The molecule has 0 aromatic carbocycles. The maximum absolute atomic E-state index is 11.0. The maximum atomic E-state index is 11.0. The van der Waals surface area contributed by atoms with Gasteiger partial charge in [-0.15, -0.1) is 0 Å². The molecule has 0 aromatic rings. The van der Waals surface area contributed by atoms with Gasteiger partial charge in [0.1, 0.15) is 0 Å². The van der Waals surface area contributed by atoms with Crippen LogP contribution in [0.15, 0.2) is 248 Å². The van der Waals surface area contributed by atoms with Crippen LogP contribution in [0.25, 0.3) is 0 Å². The Labute approximate surface area is 322 Å². The summed E-state index contributed by atoms with van der Waals surface area (Å²) >= 11 is 4.75. The molecule has 21 heteroatoms. The second-order valence-corrected chi connectivity index (χ2v) is 7.41. The van der Waals surface area contributed by atoms with E-state index in [-0.39, 0.29) is 0 Å². The first kappa shape index (κ1) is 47.0. The van der Waals surface area contributed by atoms with Crippen LogP contribution in [0, 0.1) is 0 Å². The third-order valence-corrected chi connectivity index (χ3v) is 3.38. The van der Waals surface area contributed by atoms with Gasteiger partial charge in [0.2, 0.25) is 0 Å². The standard InChI is InChI=1S/C36H2ClN9O10S/c1-2-3-4-5-6-7-8-9-10-11-12-13-14-15-16-17-18-19-20-21-22-23-24-25-26-27-28-29-30-31-32-33-34-35-36-38-40-42-44-46-50-52-54-56-57(47,48)55-53-51-49-45-43-41-39-37/h1H2/b41-39+,42-40+,45-43+,46-44+. The smallest absolute Gasteiger partial charge is 0.164 e. The van der Waals surface area contributed by atoms with Crippen LogP contribution >= 0.6 is 11.8 Å². The summed E-state index contributed by atoms with van der Waals surface area (Å²) in [5.41, 5.74) is 83.0. The van der Waals surface area contributed by atoms with Gasteiger partial charge in [-0.25, -0.2) is 0 Å². The molecule has 0 spiro atoms. The average Bonchev–Trinajstić information content (AvgIpc) is 3.20. The quantitative estimate of drug-likeness (QED) is 0.0491. The van der Waals surface area contributed by atoms with Gasteiger partial charge in [0.25, 0.3) is 0 Å². The first-order valence-corrected chi connectivity index (χ1v) is 14.3. The van der Waals surface area contributed by atoms with Gasteiger partial charge in [0.15, 0.2) is 0 Å². The summed E-state index contributed by atoms with van der Waals surface area (Å²) in [6.45, 7) is 3.30. The lowest BCUT2D eigenvalue weighted by molar-refractivity contribution is -0.628. The third kappa shape index (κ3) is 42.1. The number of rotatable bonds is 13. The summed E-state index contributed by atoms with van der Waals surface area (Å²) in [6.07, 6.45) is 0. The predicted octanol–water partition coefficient (Wildman–Crippen LogP) is 6.52. The highest BCUT2D eigenvalue weighted by atomic mass is 35.5. The molecule has 0 aliphatic heterocycles. The minimum Gasteiger partial charge on any atom is -0.164 e. The summed E-state index contributed by atoms with van der Waals surface area (Å²) in [4.78, 5) is 7.49. The van der Waals surface area contributed by atoms with Crippen molar-refractivity contribution >= 4 is 28.0 Å². The minimum absolute atomic E-state index is 2.11. The second-order valence-electron chi connectivity index (χ2n) is 6.17. The molecule has 0 radical (unpaired) electrons. The fourth-order valence-corrected chi connectivity index (χ4v) is 1.59. The van der Waals surface area contributed by atoms with Crippen LogP contribution in [-0.4, -0.2) is 14.3 Å². The molecule has 0 amide bonds. The highest BCUT2D eigenvalue weighted by Crippen LogP contribution is 2.00. The average molecular weight is 788 g/mol. The first-order chi connectivity index (χ1) is 28.1. The fourth-order valence-electron chi connectivity index (χ4n) is 1.36. The van der Waals surface area contributed by atoms with Crippen molar-refractivity contribution in [1.82, 2.24) is 0 Å². The van der Waals surface area contributed by atoms with E-state index in [1.807, 2.05) is 0 Å². The van der Waals surface area contributed by atoms with E-state index in [9.17, 15) is 8.42 Å². The van der Waals surface area contributed by atoms with Gasteiger partial charge >= 0.3 is 10.4 Å². The van der Waals surface area contributed by atoms with Gasteiger partial charge in [0, 0.05) is 169 Å². The molecule has 0 unspecified atom stereocenters. The number of halogens is 1. The Morgan fingerprint density at radius 2 is 0.667 bits per heavy atom. The lowest BCUT2D eigenvalue weighted by atomic mass is 10.6. The molecule has 0 fully saturated rings. The summed E-state index contributed by atoms with van der Waals surface area (Å²) in [7, 11) is -5.01. The van der Waals surface area contributed by atoms with Crippen LogP contribution in [0.3, 0.4) is 0 Å². The van der Waals surface area contributed by atoms with Crippen LogP contribution in [-0.2, 0) is 49.2 Å². The van der Waals surface area contributed by atoms with Crippen LogP contribution in [0.4, 0.5) is 0 Å². The third-order valence-electron chi connectivity index (χ3n) is 2.87. The zero-order chi connectivity index (χ0) is 41.3. The zero-order valence-electron chi connectivity index (χ0n) is 27.1. The lowest BCUT2D eigenvalue weighted by Gasteiger charge is -1.98. The molecule has 0 bridgehead atoms. The Bertz CT molecular complexity index is 3200. The lowest BCUT2D eigenvalue weighted by Crippen LogP contribution is -2.11. The van der Waals surface area contributed by atoms with E-state index in [2.05, 4.69) is 293 Å². The van der Waals surface area contributed by atoms with Crippen LogP contribution < -0.4 is 0 Å². The number of hydrogen-bond acceptors (Lipinski definition) is 14. The first-order valence-electron chi connectivity index (χ1n) is 12.7. The summed E-state index contributed by atoms with van der Waals surface area (Å²) in [5.74, 6) is 2.11. The molecule has 0 aliphatic rings. The van der Waals surface area contributed by atoms with Crippen molar-refractivity contribution in [3.05, 3.63) is 201 Å². The minimum atomic E-state index is -5.01. The van der Waals surface area contributed by atoms with E-state index in [1.54, 1.807) is 0 Å². The van der Waals surface area contributed by atoms with Gasteiger partial charge in [-0.2, -0.15) is 18.4 Å². The normalized spacial score (nSPS) is 7.39. The highest BCUT2D eigenvalue weighted by Gasteiger charge is 2.17. The van der Waals surface area contributed by atoms with Crippen molar-refractivity contribution in [2.24, 2.45) is 46.4 Å². The SMILES string of the molecule is C=C=C=C=C=C=C=C=C=C=C=C=C=C=C=C=C=C=C=C=C=C=C=C=C=C=C=C=C=C=C=C=C=C=C=C=N/N=N/N=N/OOOOS(=O)(=O)OOOO/N=N/N=N/Cl. The molecular weight excluding hydrogens is 786 g/mol. The summed E-state index contributed by atoms with van der Waals surface area (Å²) in [6, 6.07) is 0. The number of nitrogens with zero attached hydrogens (tertiary/aromatic N) is 9. The van der Waals surface area contributed by atoms with E-state index >= 15 is 0 Å². The maximum Gasteiger partial charge on any atom is 0.458 e. The molecule has 0 rings (SSSR count). The van der Waals surface area contributed by atoms with Gasteiger partial charge in [-0.05, 0) is 81.6 Å². The van der Waals surface area contributed by atoms with E-state index in [4.69, 9.17) is 11.8 Å². The van der Waals surface area contributed by atoms with E-state index in [0.717, 1.165) is 0 Å². The Kier molecular flexibility index (Phi) is 33.3. The van der Waals surface area contributed by atoms with Gasteiger partial charge in [0.05, 0.1) is 28.2 Å². The molecule has 0 aliphatic carbocycles. The molecule has 0 saturated heterocycles. The molecule has 0 atom stereocenters. The van der Waals surface area contributed by atoms with Crippen molar-refractivity contribution in [2.75, 3.05) is 0 Å². The Morgan fingerprint density at radius 1 is 0.368 bits per heavy atom. The fraction of sp³-hybridized carbons (Fsp3) is 0. The largest absolute Gasteiger partial charge is 0.458 e. The van der Waals surface area contributed by atoms with Crippen molar-refractivity contribution in [1.29, 1.82) is 0 Å². The molecule has 19 nitrogen and oxygen atoms in total. The molecular formula is C36H2ClN9O10S. The predicted molar refractivity (Wildman–Crippen MR) is 175 cm³/mol. The Morgan fingerprint density at radius 3 is 0.982 bits per heavy atom. The Balaban J connectivity index is 5.23. The molecule has 57 heavy (non-hydrogen) atoms. The van der Waals surface area contributed by atoms with Crippen LogP contribution in [0.1, 0.15) is 0 Å². The molecule has 0 N–H and O–H groups in total. The van der Waals surface area contributed by atoms with E-state index < -0.39 is 10.4 Å². The van der Waals surface area contributed by atoms with Gasteiger partial charge in [-0.3, -0.25) is 0 Å². The van der Waals surface area contributed by atoms with Crippen LogP contribution in [0.2, 0.25) is 0 Å². The second kappa shape index (κ2) is 40.4. The zero-order valence-corrected chi connectivity index (χ0v) is 28.7. The van der Waals surface area contributed by atoms with Gasteiger partial charge in [-0.1, -0.05) is 15.5 Å². The molecule has 0 aromatic heterocycles. The van der Waals surface area contributed by atoms with E-state index in [1.165, 1.54) is 0 Å². The molecule has 0 heterocycles. The van der Waals surface area contributed by atoms with Crippen molar-refractivity contribution in [3.63, 3.8) is 0 Å². The summed E-state index contributed by atoms with van der Waals surface area (Å²) < 4.78 is 31.7. The van der Waals surface area contributed by atoms with E-state index in [0.29, 0.717) is 0 Å².